The molecule has 0 amide bonds. The molecule has 3 aromatic carbocycles. The second-order valence-corrected chi connectivity index (χ2v) is 9.09. The smallest absolute Gasteiger partial charge is 0.174 e. The summed E-state index contributed by atoms with van der Waals surface area (Å²) >= 11 is 18.1. The zero-order valence-corrected chi connectivity index (χ0v) is 22.0. The Kier molecular flexibility index (Phi) is 8.11. The standard InChI is InChI=1S/C26H26Cl2N2O4S/c1-31-22-6-4-5-7-23(22)34-15-21-18-14-25(33-3)24(32-2)12-16(18)10-11-30(21)26(35)29-17-8-9-19(27)20(28)13-17/h4-9,12-14,21H,10-11,15H2,1-3H3,(H,29,35)/t21-/m0/s1. The van der Waals surface area contributed by atoms with Crippen LogP contribution < -0.4 is 24.3 Å². The molecule has 184 valence electrons. The van der Waals surface area contributed by atoms with E-state index in [-0.39, 0.29) is 6.04 Å². The average molecular weight is 533 g/mol. The maximum absolute atomic E-state index is 6.26. The Hall–Kier alpha value is -2.87. The Morgan fingerprint density at radius 2 is 1.60 bits per heavy atom. The summed E-state index contributed by atoms with van der Waals surface area (Å²) in [5, 5.41) is 4.78. The van der Waals surface area contributed by atoms with Gasteiger partial charge in [-0.25, -0.2) is 0 Å². The summed E-state index contributed by atoms with van der Waals surface area (Å²) < 4.78 is 22.8. The molecule has 1 atom stereocenters. The van der Waals surface area contributed by atoms with E-state index in [1.165, 1.54) is 0 Å². The first kappa shape index (κ1) is 25.2. The van der Waals surface area contributed by atoms with Crippen molar-refractivity contribution in [2.45, 2.75) is 12.5 Å². The van der Waals surface area contributed by atoms with Crippen LogP contribution in [0.15, 0.2) is 54.6 Å². The summed E-state index contributed by atoms with van der Waals surface area (Å²) in [5.41, 5.74) is 2.97. The lowest BCUT2D eigenvalue weighted by atomic mass is 9.92. The number of methoxy groups -OCH3 is 3. The van der Waals surface area contributed by atoms with E-state index < -0.39 is 0 Å². The number of fused-ring (bicyclic) bond motifs is 1. The first-order chi connectivity index (χ1) is 16.9. The van der Waals surface area contributed by atoms with Crippen molar-refractivity contribution >= 4 is 46.2 Å². The highest BCUT2D eigenvalue weighted by atomic mass is 35.5. The lowest BCUT2D eigenvalue weighted by molar-refractivity contribution is 0.185. The van der Waals surface area contributed by atoms with E-state index in [4.69, 9.17) is 54.4 Å². The van der Waals surface area contributed by atoms with Crippen molar-refractivity contribution in [3.8, 4) is 23.0 Å². The van der Waals surface area contributed by atoms with E-state index in [2.05, 4.69) is 10.2 Å². The molecule has 35 heavy (non-hydrogen) atoms. The number of halogens is 2. The molecule has 0 aliphatic carbocycles. The number of thiocarbonyl (C=S) groups is 1. The molecule has 6 nitrogen and oxygen atoms in total. The number of ether oxygens (including phenoxy) is 4. The molecule has 0 radical (unpaired) electrons. The fourth-order valence-corrected chi connectivity index (χ4v) is 4.76. The van der Waals surface area contributed by atoms with Gasteiger partial charge in [-0.15, -0.1) is 0 Å². The van der Waals surface area contributed by atoms with Crippen molar-refractivity contribution in [1.82, 2.24) is 4.90 Å². The zero-order valence-electron chi connectivity index (χ0n) is 19.6. The average Bonchev–Trinajstić information content (AvgIpc) is 2.88. The van der Waals surface area contributed by atoms with Crippen LogP contribution in [0.25, 0.3) is 0 Å². The molecular formula is C26H26Cl2N2O4S. The van der Waals surface area contributed by atoms with Crippen molar-refractivity contribution in [2.24, 2.45) is 0 Å². The molecule has 1 aliphatic rings. The van der Waals surface area contributed by atoms with Crippen LogP contribution >= 0.6 is 35.4 Å². The highest BCUT2D eigenvalue weighted by molar-refractivity contribution is 7.80. The summed E-state index contributed by atoms with van der Waals surface area (Å²) in [6.45, 7) is 1.03. The Labute approximate surface area is 220 Å². The van der Waals surface area contributed by atoms with Gasteiger partial charge < -0.3 is 29.2 Å². The van der Waals surface area contributed by atoms with Crippen molar-refractivity contribution < 1.29 is 18.9 Å². The summed E-state index contributed by atoms with van der Waals surface area (Å²) in [6, 6.07) is 16.7. The Morgan fingerprint density at radius 1 is 0.914 bits per heavy atom. The van der Waals surface area contributed by atoms with Gasteiger partial charge >= 0.3 is 0 Å². The van der Waals surface area contributed by atoms with Gasteiger partial charge in [0.1, 0.15) is 6.61 Å². The number of para-hydroxylation sites is 2. The number of hydrogen-bond acceptors (Lipinski definition) is 5. The highest BCUT2D eigenvalue weighted by Gasteiger charge is 2.32. The van der Waals surface area contributed by atoms with Gasteiger partial charge in [0.2, 0.25) is 0 Å². The summed E-state index contributed by atoms with van der Waals surface area (Å²) in [5.74, 6) is 2.67. The normalized spacial score (nSPS) is 14.7. The summed E-state index contributed by atoms with van der Waals surface area (Å²) in [4.78, 5) is 2.11. The summed E-state index contributed by atoms with van der Waals surface area (Å²) in [6.07, 6.45) is 0.782. The van der Waals surface area contributed by atoms with E-state index in [1.54, 1.807) is 33.5 Å². The van der Waals surface area contributed by atoms with Crippen molar-refractivity contribution in [1.29, 1.82) is 0 Å². The first-order valence-electron chi connectivity index (χ1n) is 11.0. The number of rotatable bonds is 7. The molecule has 1 heterocycles. The van der Waals surface area contributed by atoms with Gasteiger partial charge in [-0.05, 0) is 72.2 Å². The van der Waals surface area contributed by atoms with E-state index in [1.807, 2.05) is 42.5 Å². The van der Waals surface area contributed by atoms with Crippen molar-refractivity contribution in [3.63, 3.8) is 0 Å². The minimum Gasteiger partial charge on any atom is -0.493 e. The van der Waals surface area contributed by atoms with Crippen molar-refractivity contribution in [2.75, 3.05) is 39.8 Å². The quantitative estimate of drug-likeness (QED) is 0.353. The number of nitrogens with zero attached hydrogens (tertiary/aromatic N) is 1. The van der Waals surface area contributed by atoms with Gasteiger partial charge in [0.05, 0.1) is 37.4 Å². The van der Waals surface area contributed by atoms with Crippen molar-refractivity contribution in [3.05, 3.63) is 75.8 Å². The molecule has 0 unspecified atom stereocenters. The molecule has 0 bridgehead atoms. The lowest BCUT2D eigenvalue weighted by Crippen LogP contribution is -2.44. The van der Waals surface area contributed by atoms with Crippen LogP contribution in [0.4, 0.5) is 5.69 Å². The van der Waals surface area contributed by atoms with Gasteiger partial charge in [-0.1, -0.05) is 35.3 Å². The Balaban J connectivity index is 1.66. The van der Waals surface area contributed by atoms with Gasteiger partial charge in [0.15, 0.2) is 28.1 Å². The third-order valence-corrected chi connectivity index (χ3v) is 6.98. The zero-order chi connectivity index (χ0) is 24.9. The fraction of sp³-hybridized carbons (Fsp3) is 0.269. The molecule has 4 rings (SSSR count). The number of anilines is 1. The van der Waals surface area contributed by atoms with Crippen LogP contribution in [-0.2, 0) is 6.42 Å². The Bertz CT molecular complexity index is 1220. The SMILES string of the molecule is COc1cc2c(cc1OC)[C@H](COc1ccccc1OC)N(C(=S)Nc1ccc(Cl)c(Cl)c1)CC2. The van der Waals surface area contributed by atoms with Crippen LogP contribution in [-0.4, -0.2) is 44.5 Å². The molecular weight excluding hydrogens is 507 g/mol. The fourth-order valence-electron chi connectivity index (χ4n) is 4.13. The largest absolute Gasteiger partial charge is 0.493 e. The number of hydrogen-bond donors (Lipinski definition) is 1. The van der Waals surface area contributed by atoms with Gasteiger partial charge in [0, 0.05) is 12.2 Å². The minimum atomic E-state index is -0.189. The second-order valence-electron chi connectivity index (χ2n) is 7.89. The number of benzene rings is 3. The maximum Gasteiger partial charge on any atom is 0.174 e. The van der Waals surface area contributed by atoms with E-state index in [9.17, 15) is 0 Å². The topological polar surface area (TPSA) is 52.2 Å². The lowest BCUT2D eigenvalue weighted by Gasteiger charge is -2.39. The number of nitrogens with one attached hydrogen (secondary N) is 1. The third-order valence-electron chi connectivity index (χ3n) is 5.90. The third kappa shape index (κ3) is 5.53. The van der Waals surface area contributed by atoms with E-state index in [0.717, 1.165) is 23.2 Å². The first-order valence-corrected chi connectivity index (χ1v) is 12.1. The van der Waals surface area contributed by atoms with E-state index in [0.29, 0.717) is 51.3 Å². The van der Waals surface area contributed by atoms with Gasteiger partial charge in [0.25, 0.3) is 0 Å². The predicted molar refractivity (Wildman–Crippen MR) is 144 cm³/mol. The highest BCUT2D eigenvalue weighted by Crippen LogP contribution is 2.39. The van der Waals surface area contributed by atoms with Crippen LogP contribution in [0.3, 0.4) is 0 Å². The maximum atomic E-state index is 6.26. The van der Waals surface area contributed by atoms with Crippen LogP contribution in [0, 0.1) is 0 Å². The molecule has 0 spiro atoms. The summed E-state index contributed by atoms with van der Waals surface area (Å²) in [7, 11) is 4.89. The molecule has 9 heteroatoms. The van der Waals surface area contributed by atoms with E-state index >= 15 is 0 Å². The predicted octanol–water partition coefficient (Wildman–Crippen LogP) is 6.39. The minimum absolute atomic E-state index is 0.189. The molecule has 0 saturated carbocycles. The molecule has 1 aliphatic heterocycles. The van der Waals surface area contributed by atoms with Gasteiger partial charge in [-0.2, -0.15) is 0 Å². The Morgan fingerprint density at radius 3 is 2.29 bits per heavy atom. The van der Waals surface area contributed by atoms with Crippen LogP contribution in [0.1, 0.15) is 17.2 Å². The molecule has 0 aromatic heterocycles. The molecule has 0 saturated heterocycles. The monoisotopic (exact) mass is 532 g/mol. The second kappa shape index (κ2) is 11.2. The molecule has 3 aromatic rings. The van der Waals surface area contributed by atoms with Crippen LogP contribution in [0.5, 0.6) is 23.0 Å². The molecule has 0 fully saturated rings. The van der Waals surface area contributed by atoms with Gasteiger partial charge in [-0.3, -0.25) is 0 Å². The van der Waals surface area contributed by atoms with Crippen LogP contribution in [0.2, 0.25) is 10.0 Å². The molecule has 1 N–H and O–H groups in total.